The Kier molecular flexibility index (Phi) is 6.84. The molecule has 9 heteroatoms. The van der Waals surface area contributed by atoms with E-state index < -0.39 is 28.1 Å². The van der Waals surface area contributed by atoms with Crippen molar-refractivity contribution in [2.24, 2.45) is 0 Å². The summed E-state index contributed by atoms with van der Waals surface area (Å²) in [5, 5.41) is 2.17. The summed E-state index contributed by atoms with van der Waals surface area (Å²) in [7, 11) is -2.42. The monoisotopic (exact) mass is 412 g/mol. The first-order valence-corrected chi connectivity index (χ1v) is 10.8. The highest BCUT2D eigenvalue weighted by Gasteiger charge is 2.36. The van der Waals surface area contributed by atoms with E-state index in [1.165, 1.54) is 11.4 Å². The first kappa shape index (κ1) is 22.3. The van der Waals surface area contributed by atoms with Gasteiger partial charge in [0.2, 0.25) is 10.0 Å². The molecule has 156 valence electrons. The van der Waals surface area contributed by atoms with E-state index in [1.807, 2.05) is 33.8 Å². The molecule has 2 N–H and O–H groups in total. The number of ether oxygens (including phenoxy) is 1. The molecular weight excluding hydrogens is 382 g/mol. The summed E-state index contributed by atoms with van der Waals surface area (Å²) in [6, 6.07) is 1.53. The summed E-state index contributed by atoms with van der Waals surface area (Å²) >= 11 is 0. The van der Waals surface area contributed by atoms with E-state index in [-0.39, 0.29) is 0 Å². The fourth-order valence-electron chi connectivity index (χ4n) is 3.59. The van der Waals surface area contributed by atoms with Gasteiger partial charge in [-0.05, 0) is 56.9 Å². The first-order valence-electron chi connectivity index (χ1n) is 9.31. The molecular formula is C19H30N3O5S+. The van der Waals surface area contributed by atoms with Crippen LogP contribution in [0.3, 0.4) is 0 Å². The average Bonchev–Trinajstić information content (AvgIpc) is 2.65. The minimum Gasteiger partial charge on any atom is -0.453 e. The lowest BCUT2D eigenvalue weighted by atomic mass is 10.0. The molecule has 1 heterocycles. The Bertz CT molecular complexity index is 848. The second-order valence-corrected chi connectivity index (χ2v) is 9.23. The number of nitrogens with one attached hydrogen (secondary N) is 2. The van der Waals surface area contributed by atoms with Crippen molar-refractivity contribution in [3.8, 4) is 0 Å². The molecule has 1 saturated heterocycles. The van der Waals surface area contributed by atoms with Crippen molar-refractivity contribution in [3.63, 3.8) is 0 Å². The molecule has 0 bridgehead atoms. The predicted octanol–water partition coefficient (Wildman–Crippen LogP) is 0.0806. The molecule has 0 radical (unpaired) electrons. The van der Waals surface area contributed by atoms with E-state index in [1.54, 1.807) is 6.92 Å². The highest BCUT2D eigenvalue weighted by molar-refractivity contribution is 7.89. The second kappa shape index (κ2) is 8.59. The van der Waals surface area contributed by atoms with E-state index in [0.717, 1.165) is 27.2 Å². The van der Waals surface area contributed by atoms with Gasteiger partial charge in [-0.25, -0.2) is 13.2 Å². The van der Waals surface area contributed by atoms with Crippen LogP contribution in [0, 0.1) is 27.7 Å². The maximum atomic E-state index is 13.3. The highest BCUT2D eigenvalue weighted by Crippen LogP contribution is 2.28. The van der Waals surface area contributed by atoms with Crippen LogP contribution in [-0.4, -0.2) is 64.1 Å². The van der Waals surface area contributed by atoms with Crippen molar-refractivity contribution >= 4 is 22.0 Å². The molecule has 1 aliphatic rings. The van der Waals surface area contributed by atoms with Gasteiger partial charge >= 0.3 is 6.09 Å². The Balaban J connectivity index is 2.15. The topological polar surface area (TPSA) is 97.2 Å². The molecule has 1 aromatic carbocycles. The number of nitrogens with zero attached hydrogens (tertiary/aromatic N) is 1. The van der Waals surface area contributed by atoms with Gasteiger partial charge in [0.15, 0.2) is 6.04 Å². The number of amides is 2. The molecule has 0 saturated carbocycles. The summed E-state index contributed by atoms with van der Waals surface area (Å²) in [6.45, 7) is 10.9. The second-order valence-electron chi connectivity index (χ2n) is 7.35. The number of methoxy groups -OCH3 is 1. The lowest BCUT2D eigenvalue weighted by molar-refractivity contribution is -0.917. The van der Waals surface area contributed by atoms with E-state index in [9.17, 15) is 18.0 Å². The average molecular weight is 413 g/mol. The van der Waals surface area contributed by atoms with Crippen LogP contribution in [-0.2, 0) is 19.6 Å². The third-order valence-electron chi connectivity index (χ3n) is 5.68. The molecule has 2 amide bonds. The van der Waals surface area contributed by atoms with Gasteiger partial charge < -0.3 is 9.64 Å². The number of imide groups is 1. The fourth-order valence-corrected chi connectivity index (χ4v) is 5.61. The third-order valence-corrected chi connectivity index (χ3v) is 7.85. The van der Waals surface area contributed by atoms with Crippen molar-refractivity contribution in [1.29, 1.82) is 0 Å². The molecule has 1 fully saturated rings. The molecule has 28 heavy (non-hydrogen) atoms. The van der Waals surface area contributed by atoms with Gasteiger partial charge in [0.05, 0.1) is 38.2 Å². The number of sulfonamides is 1. The molecule has 2 rings (SSSR count). The van der Waals surface area contributed by atoms with Crippen molar-refractivity contribution in [2.45, 2.75) is 45.6 Å². The maximum absolute atomic E-state index is 13.3. The van der Waals surface area contributed by atoms with Gasteiger partial charge in [-0.15, -0.1) is 0 Å². The van der Waals surface area contributed by atoms with Crippen LogP contribution in [0.1, 0.15) is 29.2 Å². The highest BCUT2D eigenvalue weighted by atomic mass is 32.2. The maximum Gasteiger partial charge on any atom is 0.413 e. The van der Waals surface area contributed by atoms with Crippen LogP contribution in [0.15, 0.2) is 11.0 Å². The van der Waals surface area contributed by atoms with Crippen LogP contribution in [0.5, 0.6) is 0 Å². The Hall–Kier alpha value is -1.97. The number of benzene rings is 1. The van der Waals surface area contributed by atoms with Crippen LogP contribution in [0.2, 0.25) is 0 Å². The fraction of sp³-hybridized carbons (Fsp3) is 0.579. The van der Waals surface area contributed by atoms with Crippen molar-refractivity contribution < 1.29 is 27.6 Å². The molecule has 0 aromatic heterocycles. The molecule has 8 nitrogen and oxygen atoms in total. The van der Waals surface area contributed by atoms with E-state index in [4.69, 9.17) is 0 Å². The number of carbonyl (C=O) groups excluding carboxylic acids is 2. The SMILES string of the molecule is COC(=O)NC(=O)[C@H](C)[NH+]1CCN(S(=O)(=O)c2c(C)c(C)cc(C)c2C)CC1. The molecule has 0 aliphatic carbocycles. The normalized spacial score (nSPS) is 17.2. The largest absolute Gasteiger partial charge is 0.453 e. The number of quaternary nitrogens is 1. The summed E-state index contributed by atoms with van der Waals surface area (Å²) in [6.07, 6.45) is -0.793. The smallest absolute Gasteiger partial charge is 0.413 e. The van der Waals surface area contributed by atoms with Gasteiger partial charge in [-0.2, -0.15) is 4.31 Å². The van der Waals surface area contributed by atoms with Crippen LogP contribution < -0.4 is 10.2 Å². The Morgan fingerprint density at radius 1 is 1.11 bits per heavy atom. The van der Waals surface area contributed by atoms with Crippen molar-refractivity contribution in [1.82, 2.24) is 9.62 Å². The van der Waals surface area contributed by atoms with E-state index in [0.29, 0.717) is 31.1 Å². The lowest BCUT2D eigenvalue weighted by Gasteiger charge is -2.34. The minimum atomic E-state index is -3.62. The Labute approximate surface area is 166 Å². The summed E-state index contributed by atoms with van der Waals surface area (Å²) in [4.78, 5) is 24.7. The zero-order valence-corrected chi connectivity index (χ0v) is 18.2. The van der Waals surface area contributed by atoms with Crippen LogP contribution >= 0.6 is 0 Å². The van der Waals surface area contributed by atoms with Crippen molar-refractivity contribution in [2.75, 3.05) is 33.3 Å². The molecule has 1 atom stereocenters. The number of piperazine rings is 1. The Morgan fingerprint density at radius 2 is 1.61 bits per heavy atom. The number of hydrogen-bond acceptors (Lipinski definition) is 5. The van der Waals surface area contributed by atoms with Gasteiger partial charge in [-0.1, -0.05) is 6.07 Å². The zero-order valence-electron chi connectivity index (χ0n) is 17.4. The zero-order chi connectivity index (χ0) is 21.2. The van der Waals surface area contributed by atoms with Gasteiger partial charge in [-0.3, -0.25) is 10.1 Å². The van der Waals surface area contributed by atoms with Gasteiger partial charge in [0.25, 0.3) is 5.91 Å². The lowest BCUT2D eigenvalue weighted by Crippen LogP contribution is -3.19. The molecule has 0 spiro atoms. The van der Waals surface area contributed by atoms with Crippen LogP contribution in [0.25, 0.3) is 0 Å². The summed E-state index contributed by atoms with van der Waals surface area (Å²) in [5.74, 6) is -0.431. The van der Waals surface area contributed by atoms with Gasteiger partial charge in [0.1, 0.15) is 0 Å². The number of alkyl carbamates (subject to hydrolysis) is 1. The number of hydrogen-bond donors (Lipinski definition) is 2. The standard InChI is InChI=1S/C19H29N3O5S/c1-12-11-13(2)15(4)17(14(12)3)28(25,26)22-9-7-21(8-10-22)16(5)18(23)20-19(24)27-6/h11,16H,7-10H2,1-6H3,(H,20,23,24)/p+1/t16-/m0/s1. The van der Waals surface area contributed by atoms with E-state index >= 15 is 0 Å². The number of carbonyl (C=O) groups is 2. The predicted molar refractivity (Wildman–Crippen MR) is 105 cm³/mol. The Morgan fingerprint density at radius 3 is 2.07 bits per heavy atom. The molecule has 1 aromatic rings. The van der Waals surface area contributed by atoms with E-state index in [2.05, 4.69) is 10.1 Å². The molecule has 1 aliphatic heterocycles. The quantitative estimate of drug-likeness (QED) is 0.730. The van der Waals surface area contributed by atoms with Crippen molar-refractivity contribution in [3.05, 3.63) is 28.3 Å². The summed E-state index contributed by atoms with van der Waals surface area (Å²) in [5.41, 5.74) is 3.48. The molecule has 0 unspecified atom stereocenters. The third kappa shape index (κ3) is 4.37. The summed E-state index contributed by atoms with van der Waals surface area (Å²) < 4.78 is 32.5. The number of aryl methyl sites for hydroxylation is 2. The van der Waals surface area contributed by atoms with Crippen LogP contribution in [0.4, 0.5) is 4.79 Å². The van der Waals surface area contributed by atoms with Gasteiger partial charge in [0, 0.05) is 0 Å². The first-order chi connectivity index (χ1) is 13.0. The minimum absolute atomic E-state index is 0.319. The number of rotatable bonds is 4.